The molecule has 0 fully saturated rings. The topological polar surface area (TPSA) is 21.3 Å². The van der Waals surface area contributed by atoms with E-state index in [1.165, 1.54) is 0 Å². The number of thiophene rings is 1. The van der Waals surface area contributed by atoms with Gasteiger partial charge in [0.05, 0.1) is 18.2 Å². The van der Waals surface area contributed by atoms with Gasteiger partial charge in [-0.3, -0.25) is 0 Å². The minimum atomic E-state index is 0.0952. The summed E-state index contributed by atoms with van der Waals surface area (Å²) in [5.74, 6) is 0.836. The lowest BCUT2D eigenvalue weighted by molar-refractivity contribution is 0.414. The highest BCUT2D eigenvalue weighted by molar-refractivity contribution is 9.10. The quantitative estimate of drug-likeness (QED) is 0.821. The highest BCUT2D eigenvalue weighted by Crippen LogP contribution is 2.37. The van der Waals surface area contributed by atoms with Crippen LogP contribution in [-0.4, -0.2) is 13.7 Å². The average Bonchev–Trinajstić information content (AvgIpc) is 2.82. The zero-order chi connectivity index (χ0) is 13.8. The summed E-state index contributed by atoms with van der Waals surface area (Å²) in [6.45, 7) is 2.96. The first-order valence-electron chi connectivity index (χ1n) is 5.97. The van der Waals surface area contributed by atoms with E-state index in [0.717, 1.165) is 32.2 Å². The molecule has 0 amide bonds. The highest BCUT2D eigenvalue weighted by atomic mass is 79.9. The minimum absolute atomic E-state index is 0.0952. The minimum Gasteiger partial charge on any atom is -0.497 e. The standard InChI is InChI=1S/C14H15BrClNOS/c1-3-17-13(14-12(16)6-7-19-14)10-5-4-9(18-2)8-11(10)15/h4-8,13,17H,3H2,1-2H3. The van der Waals surface area contributed by atoms with E-state index in [0.29, 0.717) is 0 Å². The summed E-state index contributed by atoms with van der Waals surface area (Å²) in [4.78, 5) is 1.13. The molecule has 1 aromatic carbocycles. The van der Waals surface area contributed by atoms with E-state index < -0.39 is 0 Å². The number of ether oxygens (including phenoxy) is 1. The number of halogens is 2. The number of hydrogen-bond donors (Lipinski definition) is 1. The second-order valence-electron chi connectivity index (χ2n) is 4.01. The van der Waals surface area contributed by atoms with Gasteiger partial charge in [-0.2, -0.15) is 0 Å². The molecule has 19 heavy (non-hydrogen) atoms. The first-order chi connectivity index (χ1) is 9.17. The number of nitrogens with one attached hydrogen (secondary N) is 1. The molecule has 0 bridgehead atoms. The Labute approximate surface area is 130 Å². The van der Waals surface area contributed by atoms with Crippen molar-refractivity contribution in [2.75, 3.05) is 13.7 Å². The van der Waals surface area contributed by atoms with Gasteiger partial charge in [0.25, 0.3) is 0 Å². The first-order valence-corrected chi connectivity index (χ1v) is 8.02. The Hall–Kier alpha value is -0.550. The average molecular weight is 361 g/mol. The Morgan fingerprint density at radius 2 is 2.21 bits per heavy atom. The van der Waals surface area contributed by atoms with Gasteiger partial charge < -0.3 is 10.1 Å². The molecule has 0 saturated carbocycles. The summed E-state index contributed by atoms with van der Waals surface area (Å²) >= 11 is 11.5. The first kappa shape index (κ1) is 14.9. The van der Waals surface area contributed by atoms with E-state index in [1.807, 2.05) is 23.6 Å². The van der Waals surface area contributed by atoms with E-state index in [9.17, 15) is 0 Å². The normalized spacial score (nSPS) is 12.4. The van der Waals surface area contributed by atoms with Gasteiger partial charge in [0.15, 0.2) is 0 Å². The second kappa shape index (κ2) is 6.75. The molecule has 1 aromatic heterocycles. The maximum absolute atomic E-state index is 6.26. The lowest BCUT2D eigenvalue weighted by Crippen LogP contribution is -2.21. The molecule has 0 aliphatic rings. The van der Waals surface area contributed by atoms with Crippen LogP contribution >= 0.6 is 38.9 Å². The Bertz CT molecular complexity index is 558. The molecule has 0 aliphatic carbocycles. The van der Waals surface area contributed by atoms with Gasteiger partial charge in [-0.1, -0.05) is 40.5 Å². The lowest BCUT2D eigenvalue weighted by Gasteiger charge is -2.19. The molecular formula is C14H15BrClNOS. The fourth-order valence-electron chi connectivity index (χ4n) is 1.93. The summed E-state index contributed by atoms with van der Waals surface area (Å²) in [5, 5.41) is 6.29. The van der Waals surface area contributed by atoms with Crippen LogP contribution in [0.5, 0.6) is 5.75 Å². The van der Waals surface area contributed by atoms with Crippen LogP contribution in [-0.2, 0) is 0 Å². The third-order valence-electron chi connectivity index (χ3n) is 2.83. The maximum atomic E-state index is 6.26. The van der Waals surface area contributed by atoms with Crippen LogP contribution in [0.15, 0.2) is 34.1 Å². The predicted molar refractivity (Wildman–Crippen MR) is 85.5 cm³/mol. The smallest absolute Gasteiger partial charge is 0.120 e. The number of hydrogen-bond acceptors (Lipinski definition) is 3. The van der Waals surface area contributed by atoms with E-state index in [2.05, 4.69) is 34.2 Å². The molecule has 2 nitrogen and oxygen atoms in total. The van der Waals surface area contributed by atoms with Crippen molar-refractivity contribution in [3.05, 3.63) is 49.6 Å². The summed E-state index contributed by atoms with van der Waals surface area (Å²) in [6, 6.07) is 8.03. The molecule has 0 radical (unpaired) electrons. The Morgan fingerprint density at radius 1 is 1.42 bits per heavy atom. The molecule has 1 heterocycles. The molecule has 102 valence electrons. The van der Waals surface area contributed by atoms with Crippen molar-refractivity contribution in [1.82, 2.24) is 5.32 Å². The molecule has 0 spiro atoms. The third-order valence-corrected chi connectivity index (χ3v) is 4.94. The molecule has 0 aliphatic heterocycles. The van der Waals surface area contributed by atoms with E-state index >= 15 is 0 Å². The monoisotopic (exact) mass is 359 g/mol. The molecule has 2 rings (SSSR count). The molecule has 1 atom stereocenters. The summed E-state index contributed by atoms with van der Waals surface area (Å²) < 4.78 is 6.25. The van der Waals surface area contributed by atoms with E-state index in [1.54, 1.807) is 18.4 Å². The van der Waals surface area contributed by atoms with Crippen LogP contribution in [0.3, 0.4) is 0 Å². The Morgan fingerprint density at radius 3 is 2.74 bits per heavy atom. The maximum Gasteiger partial charge on any atom is 0.120 e. The fraction of sp³-hybridized carbons (Fsp3) is 0.286. The Kier molecular flexibility index (Phi) is 5.28. The van der Waals surface area contributed by atoms with Gasteiger partial charge >= 0.3 is 0 Å². The fourth-order valence-corrected chi connectivity index (χ4v) is 3.77. The molecular weight excluding hydrogens is 346 g/mol. The zero-order valence-electron chi connectivity index (χ0n) is 10.7. The van der Waals surface area contributed by atoms with Gasteiger partial charge in [-0.05, 0) is 35.7 Å². The van der Waals surface area contributed by atoms with Crippen molar-refractivity contribution in [2.45, 2.75) is 13.0 Å². The SMILES string of the molecule is CCNC(c1ccc(OC)cc1Br)c1sccc1Cl. The summed E-state index contributed by atoms with van der Waals surface area (Å²) in [5.41, 5.74) is 1.16. The van der Waals surface area contributed by atoms with Crippen LogP contribution < -0.4 is 10.1 Å². The Balaban J connectivity index is 2.42. The molecule has 1 unspecified atom stereocenters. The molecule has 1 N–H and O–H groups in total. The van der Waals surface area contributed by atoms with Gasteiger partial charge in [0.1, 0.15) is 5.75 Å². The van der Waals surface area contributed by atoms with Crippen LogP contribution in [0, 0.1) is 0 Å². The number of rotatable bonds is 5. The van der Waals surface area contributed by atoms with Crippen molar-refractivity contribution in [3.63, 3.8) is 0 Å². The van der Waals surface area contributed by atoms with Crippen molar-refractivity contribution in [2.24, 2.45) is 0 Å². The van der Waals surface area contributed by atoms with Crippen molar-refractivity contribution >= 4 is 38.9 Å². The van der Waals surface area contributed by atoms with Crippen LogP contribution in [0.4, 0.5) is 0 Å². The van der Waals surface area contributed by atoms with E-state index in [4.69, 9.17) is 16.3 Å². The van der Waals surface area contributed by atoms with Gasteiger partial charge in [0.2, 0.25) is 0 Å². The number of benzene rings is 1. The van der Waals surface area contributed by atoms with E-state index in [-0.39, 0.29) is 6.04 Å². The lowest BCUT2D eigenvalue weighted by atomic mass is 10.1. The summed E-state index contributed by atoms with van der Waals surface area (Å²) in [6.07, 6.45) is 0. The predicted octanol–water partition coefficient (Wildman–Crippen LogP) is 4.87. The van der Waals surface area contributed by atoms with Gasteiger partial charge in [-0.25, -0.2) is 0 Å². The second-order valence-corrected chi connectivity index (χ2v) is 6.22. The number of methoxy groups -OCH3 is 1. The van der Waals surface area contributed by atoms with Gasteiger partial charge in [-0.15, -0.1) is 11.3 Å². The largest absolute Gasteiger partial charge is 0.497 e. The van der Waals surface area contributed by atoms with Crippen LogP contribution in [0.2, 0.25) is 5.02 Å². The van der Waals surface area contributed by atoms with Crippen molar-refractivity contribution in [3.8, 4) is 5.75 Å². The highest BCUT2D eigenvalue weighted by Gasteiger charge is 2.20. The third kappa shape index (κ3) is 3.31. The van der Waals surface area contributed by atoms with Gasteiger partial charge in [0, 0.05) is 9.35 Å². The zero-order valence-corrected chi connectivity index (χ0v) is 13.9. The molecule has 0 saturated heterocycles. The van der Waals surface area contributed by atoms with Crippen molar-refractivity contribution < 1.29 is 4.74 Å². The van der Waals surface area contributed by atoms with Crippen LogP contribution in [0.1, 0.15) is 23.4 Å². The summed E-state index contributed by atoms with van der Waals surface area (Å²) in [7, 11) is 1.67. The van der Waals surface area contributed by atoms with Crippen LogP contribution in [0.25, 0.3) is 0 Å². The van der Waals surface area contributed by atoms with Crippen molar-refractivity contribution in [1.29, 1.82) is 0 Å². The molecule has 5 heteroatoms. The molecule has 2 aromatic rings.